The summed E-state index contributed by atoms with van der Waals surface area (Å²) in [6.45, 7) is 6.57. The summed E-state index contributed by atoms with van der Waals surface area (Å²) in [4.78, 5) is 20.4. The number of likely N-dealkylation sites (tertiary alicyclic amines) is 1. The van der Waals surface area contributed by atoms with Crippen molar-refractivity contribution in [1.29, 1.82) is 0 Å². The van der Waals surface area contributed by atoms with Crippen molar-refractivity contribution in [2.45, 2.75) is 51.3 Å². The van der Waals surface area contributed by atoms with Crippen LogP contribution < -0.4 is 9.64 Å². The number of hydrogen-bond donors (Lipinski definition) is 0. The van der Waals surface area contributed by atoms with Gasteiger partial charge >= 0.3 is 0 Å². The van der Waals surface area contributed by atoms with Crippen LogP contribution >= 0.6 is 0 Å². The van der Waals surface area contributed by atoms with Gasteiger partial charge in [-0.05, 0) is 74.6 Å². The summed E-state index contributed by atoms with van der Waals surface area (Å²) >= 11 is 0. The van der Waals surface area contributed by atoms with Gasteiger partial charge in [-0.2, -0.15) is 0 Å². The molecule has 0 spiro atoms. The fourth-order valence-corrected chi connectivity index (χ4v) is 5.25. The molecule has 1 amide bonds. The van der Waals surface area contributed by atoms with Gasteiger partial charge < -0.3 is 14.5 Å². The Morgan fingerprint density at radius 3 is 2.68 bits per heavy atom. The molecule has 2 saturated heterocycles. The molecule has 31 heavy (non-hydrogen) atoms. The fraction of sp³-hybridized carbons (Fsp3) is 0.500. The molecule has 2 aromatic carbocycles. The number of hydrogen-bond acceptors (Lipinski definition) is 4. The average molecular weight is 420 g/mol. The monoisotopic (exact) mass is 419 g/mol. The van der Waals surface area contributed by atoms with E-state index in [1.165, 1.54) is 31.2 Å². The zero-order chi connectivity index (χ0) is 21.0. The van der Waals surface area contributed by atoms with E-state index in [0.717, 1.165) is 56.3 Å². The standard InChI is InChI=1S/C26H33N3O2/c30-26(12-16-27-13-4-5-14-27)29-19-23-9-6-15-28(23)18-22-17-24(10-11-25(22)29)31-20-21-7-2-1-3-8-21/h1-3,7-8,10-11,17,23H,4-6,9,12-16,18-20H2. The Morgan fingerprint density at radius 1 is 1.00 bits per heavy atom. The predicted molar refractivity (Wildman–Crippen MR) is 123 cm³/mol. The Hall–Kier alpha value is -2.37. The maximum absolute atomic E-state index is 13.3. The highest BCUT2D eigenvalue weighted by Crippen LogP contribution is 2.34. The number of amides is 1. The third kappa shape index (κ3) is 4.78. The number of ether oxygens (including phenoxy) is 1. The van der Waals surface area contributed by atoms with Gasteiger partial charge in [-0.25, -0.2) is 0 Å². The van der Waals surface area contributed by atoms with Crippen LogP contribution in [0.2, 0.25) is 0 Å². The summed E-state index contributed by atoms with van der Waals surface area (Å²) in [7, 11) is 0. The van der Waals surface area contributed by atoms with Crippen LogP contribution in [0.3, 0.4) is 0 Å². The third-order valence-corrected chi connectivity index (χ3v) is 7.00. The molecule has 0 N–H and O–H groups in total. The third-order valence-electron chi connectivity index (χ3n) is 7.00. The first kappa shape index (κ1) is 20.5. The Labute approximate surface area is 185 Å². The number of fused-ring (bicyclic) bond motifs is 2. The van der Waals surface area contributed by atoms with Crippen molar-refractivity contribution in [3.05, 3.63) is 59.7 Å². The smallest absolute Gasteiger partial charge is 0.228 e. The second-order valence-corrected chi connectivity index (χ2v) is 9.13. The van der Waals surface area contributed by atoms with E-state index in [0.29, 0.717) is 19.1 Å². The maximum Gasteiger partial charge on any atom is 0.228 e. The van der Waals surface area contributed by atoms with Gasteiger partial charge in [-0.1, -0.05) is 30.3 Å². The first-order chi connectivity index (χ1) is 15.3. The van der Waals surface area contributed by atoms with E-state index in [1.807, 2.05) is 24.3 Å². The molecule has 5 nitrogen and oxygen atoms in total. The van der Waals surface area contributed by atoms with E-state index in [2.05, 4.69) is 39.0 Å². The van der Waals surface area contributed by atoms with Gasteiger partial charge in [-0.15, -0.1) is 0 Å². The van der Waals surface area contributed by atoms with Gasteiger partial charge in [0.15, 0.2) is 0 Å². The van der Waals surface area contributed by atoms with Gasteiger partial charge in [0.25, 0.3) is 0 Å². The van der Waals surface area contributed by atoms with Crippen molar-refractivity contribution < 1.29 is 9.53 Å². The zero-order valence-corrected chi connectivity index (χ0v) is 18.3. The van der Waals surface area contributed by atoms with Crippen molar-refractivity contribution in [3.63, 3.8) is 0 Å². The minimum Gasteiger partial charge on any atom is -0.489 e. The second kappa shape index (κ2) is 9.41. The predicted octanol–water partition coefficient (Wildman–Crippen LogP) is 4.06. The Morgan fingerprint density at radius 2 is 1.84 bits per heavy atom. The van der Waals surface area contributed by atoms with Crippen LogP contribution in [0.1, 0.15) is 43.2 Å². The number of nitrogens with zero attached hydrogens (tertiary/aromatic N) is 3. The highest BCUT2D eigenvalue weighted by Gasteiger charge is 2.33. The quantitative estimate of drug-likeness (QED) is 0.707. The minimum atomic E-state index is 0.264. The van der Waals surface area contributed by atoms with Crippen LogP contribution in [0.5, 0.6) is 5.75 Å². The van der Waals surface area contributed by atoms with Crippen LogP contribution in [0, 0.1) is 0 Å². The molecular weight excluding hydrogens is 386 g/mol. The van der Waals surface area contributed by atoms with Crippen LogP contribution in [0.25, 0.3) is 0 Å². The van der Waals surface area contributed by atoms with E-state index in [4.69, 9.17) is 4.74 Å². The van der Waals surface area contributed by atoms with Crippen molar-refractivity contribution in [2.75, 3.05) is 37.6 Å². The lowest BCUT2D eigenvalue weighted by molar-refractivity contribution is -0.119. The van der Waals surface area contributed by atoms with Gasteiger partial charge in [0.1, 0.15) is 12.4 Å². The first-order valence-corrected chi connectivity index (χ1v) is 11.8. The highest BCUT2D eigenvalue weighted by molar-refractivity contribution is 5.94. The fourth-order valence-electron chi connectivity index (χ4n) is 5.25. The molecule has 1 atom stereocenters. The molecule has 3 aliphatic rings. The van der Waals surface area contributed by atoms with Crippen molar-refractivity contribution in [2.24, 2.45) is 0 Å². The summed E-state index contributed by atoms with van der Waals surface area (Å²) < 4.78 is 6.09. The molecule has 2 fully saturated rings. The summed E-state index contributed by atoms with van der Waals surface area (Å²) in [5.74, 6) is 1.14. The van der Waals surface area contributed by atoms with E-state index < -0.39 is 0 Å². The number of rotatable bonds is 6. The molecule has 5 rings (SSSR count). The van der Waals surface area contributed by atoms with Gasteiger partial charge in [0, 0.05) is 37.8 Å². The van der Waals surface area contributed by atoms with Crippen molar-refractivity contribution in [1.82, 2.24) is 9.80 Å². The molecule has 0 aromatic heterocycles. The van der Waals surface area contributed by atoms with E-state index >= 15 is 0 Å². The summed E-state index contributed by atoms with van der Waals surface area (Å²) in [6.07, 6.45) is 5.55. The zero-order valence-electron chi connectivity index (χ0n) is 18.3. The van der Waals surface area contributed by atoms with E-state index in [1.54, 1.807) is 0 Å². The summed E-state index contributed by atoms with van der Waals surface area (Å²) in [5, 5.41) is 0. The SMILES string of the molecule is O=C(CCN1CCCC1)N1CC2CCCN2Cc2cc(OCc3ccccc3)ccc21. The molecule has 0 bridgehead atoms. The van der Waals surface area contributed by atoms with Crippen molar-refractivity contribution >= 4 is 11.6 Å². The second-order valence-electron chi connectivity index (χ2n) is 9.13. The lowest BCUT2D eigenvalue weighted by atomic mass is 10.1. The average Bonchev–Trinajstić information content (AvgIpc) is 3.45. The lowest BCUT2D eigenvalue weighted by Gasteiger charge is -2.27. The molecule has 3 heterocycles. The molecule has 164 valence electrons. The largest absolute Gasteiger partial charge is 0.489 e. The Balaban J connectivity index is 1.33. The van der Waals surface area contributed by atoms with Crippen LogP contribution in [0.15, 0.2) is 48.5 Å². The van der Waals surface area contributed by atoms with E-state index in [-0.39, 0.29) is 5.91 Å². The maximum atomic E-state index is 13.3. The molecule has 0 aliphatic carbocycles. The van der Waals surface area contributed by atoms with Crippen LogP contribution in [0.4, 0.5) is 5.69 Å². The molecule has 0 radical (unpaired) electrons. The molecule has 1 unspecified atom stereocenters. The Kier molecular flexibility index (Phi) is 6.23. The molecule has 2 aromatic rings. The number of carbonyl (C=O) groups excluding carboxylic acids is 1. The summed E-state index contributed by atoms with van der Waals surface area (Å²) in [5.41, 5.74) is 3.45. The minimum absolute atomic E-state index is 0.264. The van der Waals surface area contributed by atoms with Crippen LogP contribution in [-0.4, -0.2) is 54.5 Å². The number of carbonyl (C=O) groups is 1. The molecule has 5 heteroatoms. The lowest BCUT2D eigenvalue weighted by Crippen LogP contribution is -2.41. The Bertz CT molecular complexity index is 895. The first-order valence-electron chi connectivity index (χ1n) is 11.8. The topological polar surface area (TPSA) is 36.0 Å². The number of anilines is 1. The van der Waals surface area contributed by atoms with Gasteiger partial charge in [0.2, 0.25) is 5.91 Å². The number of benzene rings is 2. The molecule has 3 aliphatic heterocycles. The molecular formula is C26H33N3O2. The van der Waals surface area contributed by atoms with Gasteiger partial charge in [-0.3, -0.25) is 9.69 Å². The van der Waals surface area contributed by atoms with Crippen LogP contribution in [-0.2, 0) is 17.9 Å². The van der Waals surface area contributed by atoms with E-state index in [9.17, 15) is 4.79 Å². The van der Waals surface area contributed by atoms with Crippen molar-refractivity contribution in [3.8, 4) is 5.75 Å². The van der Waals surface area contributed by atoms with Gasteiger partial charge in [0.05, 0.1) is 0 Å². The molecule has 0 saturated carbocycles. The normalized spacial score (nSPS) is 21.5. The summed E-state index contributed by atoms with van der Waals surface area (Å²) in [6, 6.07) is 17.0. The highest BCUT2D eigenvalue weighted by atomic mass is 16.5.